The van der Waals surface area contributed by atoms with E-state index in [-0.39, 0.29) is 0 Å². The highest BCUT2D eigenvalue weighted by atomic mass is 16.4. The van der Waals surface area contributed by atoms with Gasteiger partial charge in [0.2, 0.25) is 0 Å². The number of rotatable bonds is 8. The third-order valence-electron chi connectivity index (χ3n) is 3.16. The van der Waals surface area contributed by atoms with Crippen molar-refractivity contribution in [3.63, 3.8) is 0 Å². The summed E-state index contributed by atoms with van der Waals surface area (Å²) in [5, 5.41) is 11.9. The highest BCUT2D eigenvalue weighted by Gasteiger charge is 2.02. The van der Waals surface area contributed by atoms with Crippen LogP contribution >= 0.6 is 0 Å². The van der Waals surface area contributed by atoms with E-state index in [4.69, 9.17) is 10.8 Å². The van der Waals surface area contributed by atoms with Crippen LogP contribution < -0.4 is 11.1 Å². The molecule has 6 heteroatoms. The van der Waals surface area contributed by atoms with Crippen molar-refractivity contribution in [3.8, 4) is 11.3 Å². The molecule has 4 N–H and O–H groups in total. The second-order valence-electron chi connectivity index (χ2n) is 5.01. The molecule has 0 atom stereocenters. The molecule has 0 amide bonds. The highest BCUT2D eigenvalue weighted by Crippen LogP contribution is 2.19. The molecule has 0 aliphatic heterocycles. The summed E-state index contributed by atoms with van der Waals surface area (Å²) in [4.78, 5) is 19.3. The largest absolute Gasteiger partial charge is 0.478 e. The minimum absolute atomic E-state index is 0.692. The monoisotopic (exact) mass is 312 g/mol. The number of hydrogen-bond acceptors (Lipinski definition) is 5. The molecular formula is C17H20N4O2. The second-order valence-corrected chi connectivity index (χ2v) is 5.01. The number of nitrogens with zero attached hydrogens (tertiary/aromatic N) is 2. The summed E-state index contributed by atoms with van der Waals surface area (Å²) in [6, 6.07) is 7.58. The van der Waals surface area contributed by atoms with Crippen molar-refractivity contribution in [2.45, 2.75) is 12.8 Å². The van der Waals surface area contributed by atoms with E-state index >= 15 is 0 Å². The number of nitrogens with one attached hydrogen (secondary N) is 1. The van der Waals surface area contributed by atoms with E-state index in [0.717, 1.165) is 42.5 Å². The van der Waals surface area contributed by atoms with Crippen LogP contribution in [0.4, 0.5) is 5.82 Å². The summed E-state index contributed by atoms with van der Waals surface area (Å²) in [6.45, 7) is 1.52. The second kappa shape index (κ2) is 8.65. The molecule has 2 aromatic heterocycles. The molecule has 0 bridgehead atoms. The van der Waals surface area contributed by atoms with Gasteiger partial charge in [0.15, 0.2) is 0 Å². The summed E-state index contributed by atoms with van der Waals surface area (Å²) >= 11 is 0. The summed E-state index contributed by atoms with van der Waals surface area (Å²) in [6.07, 6.45) is 7.89. The lowest BCUT2D eigenvalue weighted by Gasteiger charge is -2.07. The molecule has 23 heavy (non-hydrogen) atoms. The molecule has 0 unspecified atom stereocenters. The normalized spacial score (nSPS) is 10.8. The van der Waals surface area contributed by atoms with Crippen LogP contribution in [0, 0.1) is 0 Å². The van der Waals surface area contributed by atoms with Gasteiger partial charge in [0.05, 0.1) is 5.69 Å². The van der Waals surface area contributed by atoms with Gasteiger partial charge in [-0.15, -0.1) is 0 Å². The fraction of sp³-hybridized carbons (Fsp3) is 0.235. The van der Waals surface area contributed by atoms with E-state index in [1.54, 1.807) is 12.4 Å². The van der Waals surface area contributed by atoms with Crippen LogP contribution in [0.2, 0.25) is 0 Å². The SMILES string of the molecule is NCCCCNc1cccc(-c2cncc(/C=C/C(=O)O)c2)n1. The zero-order chi connectivity index (χ0) is 16.5. The summed E-state index contributed by atoms with van der Waals surface area (Å²) in [5.74, 6) is -0.191. The Morgan fingerprint density at radius 1 is 1.30 bits per heavy atom. The molecule has 0 aliphatic carbocycles. The Hall–Kier alpha value is -2.73. The van der Waals surface area contributed by atoms with Gasteiger partial charge in [0.1, 0.15) is 5.82 Å². The number of aromatic nitrogens is 2. The Balaban J connectivity index is 2.12. The minimum atomic E-state index is -0.989. The summed E-state index contributed by atoms with van der Waals surface area (Å²) in [7, 11) is 0. The third-order valence-corrected chi connectivity index (χ3v) is 3.16. The number of carboxylic acids is 1. The molecule has 0 fully saturated rings. The zero-order valence-electron chi connectivity index (χ0n) is 12.8. The number of nitrogens with two attached hydrogens (primary N) is 1. The first-order valence-corrected chi connectivity index (χ1v) is 7.46. The predicted octanol–water partition coefficient (Wildman–Crippen LogP) is 2.39. The maximum atomic E-state index is 10.6. The van der Waals surface area contributed by atoms with E-state index < -0.39 is 5.97 Å². The Morgan fingerprint density at radius 3 is 2.96 bits per heavy atom. The van der Waals surface area contributed by atoms with Crippen LogP contribution in [0.15, 0.2) is 42.7 Å². The summed E-state index contributed by atoms with van der Waals surface area (Å²) in [5.41, 5.74) is 7.81. The third kappa shape index (κ3) is 5.52. The van der Waals surface area contributed by atoms with Crippen LogP contribution in [0.25, 0.3) is 17.3 Å². The zero-order valence-corrected chi connectivity index (χ0v) is 12.8. The molecule has 0 radical (unpaired) electrons. The lowest BCUT2D eigenvalue weighted by Crippen LogP contribution is -2.06. The first-order chi connectivity index (χ1) is 11.2. The topological polar surface area (TPSA) is 101 Å². The lowest BCUT2D eigenvalue weighted by molar-refractivity contribution is -0.131. The average molecular weight is 312 g/mol. The summed E-state index contributed by atoms with van der Waals surface area (Å²) < 4.78 is 0. The first kappa shape index (κ1) is 16.6. The molecule has 0 saturated heterocycles. The number of pyridine rings is 2. The first-order valence-electron chi connectivity index (χ1n) is 7.46. The molecule has 2 heterocycles. The maximum Gasteiger partial charge on any atom is 0.328 e. The molecule has 2 aromatic rings. The van der Waals surface area contributed by atoms with Crippen LogP contribution in [0.1, 0.15) is 18.4 Å². The molecular weight excluding hydrogens is 292 g/mol. The van der Waals surface area contributed by atoms with Crippen molar-refractivity contribution >= 4 is 17.9 Å². The van der Waals surface area contributed by atoms with E-state index in [2.05, 4.69) is 15.3 Å². The van der Waals surface area contributed by atoms with E-state index in [1.165, 1.54) is 6.08 Å². The van der Waals surface area contributed by atoms with Gasteiger partial charge >= 0.3 is 5.97 Å². The maximum absolute atomic E-state index is 10.6. The Labute approximate surface area is 135 Å². The number of aliphatic carboxylic acids is 1. The Kier molecular flexibility index (Phi) is 6.26. The molecule has 2 rings (SSSR count). The van der Waals surface area contributed by atoms with Crippen molar-refractivity contribution in [1.82, 2.24) is 9.97 Å². The highest BCUT2D eigenvalue weighted by molar-refractivity contribution is 5.85. The molecule has 6 nitrogen and oxygen atoms in total. The van der Waals surface area contributed by atoms with E-state index in [9.17, 15) is 4.79 Å². The van der Waals surface area contributed by atoms with Crippen molar-refractivity contribution in [1.29, 1.82) is 0 Å². The molecule has 0 aliphatic rings. The van der Waals surface area contributed by atoms with Gasteiger partial charge in [-0.2, -0.15) is 0 Å². The van der Waals surface area contributed by atoms with Gasteiger partial charge in [0, 0.05) is 30.6 Å². The molecule has 120 valence electrons. The van der Waals surface area contributed by atoms with Gasteiger partial charge < -0.3 is 16.2 Å². The van der Waals surface area contributed by atoms with Gasteiger partial charge in [-0.3, -0.25) is 4.98 Å². The average Bonchev–Trinajstić information content (AvgIpc) is 2.57. The van der Waals surface area contributed by atoms with Crippen LogP contribution in [-0.4, -0.2) is 34.1 Å². The van der Waals surface area contributed by atoms with Gasteiger partial charge in [0.25, 0.3) is 0 Å². The number of anilines is 1. The predicted molar refractivity (Wildman–Crippen MR) is 90.9 cm³/mol. The van der Waals surface area contributed by atoms with E-state index in [0.29, 0.717) is 12.1 Å². The van der Waals surface area contributed by atoms with Crippen LogP contribution in [0.5, 0.6) is 0 Å². The molecule has 0 aromatic carbocycles. The van der Waals surface area contributed by atoms with E-state index in [1.807, 2.05) is 24.3 Å². The number of carbonyl (C=O) groups is 1. The molecule has 0 saturated carbocycles. The molecule has 0 spiro atoms. The van der Waals surface area contributed by atoms with Gasteiger partial charge in [-0.05, 0) is 49.2 Å². The smallest absolute Gasteiger partial charge is 0.328 e. The quantitative estimate of drug-likeness (QED) is 0.511. The van der Waals surface area contributed by atoms with Gasteiger partial charge in [-0.25, -0.2) is 9.78 Å². The van der Waals surface area contributed by atoms with Crippen LogP contribution in [-0.2, 0) is 4.79 Å². The minimum Gasteiger partial charge on any atom is -0.478 e. The van der Waals surface area contributed by atoms with Gasteiger partial charge in [-0.1, -0.05) is 6.07 Å². The van der Waals surface area contributed by atoms with Crippen molar-refractivity contribution in [2.24, 2.45) is 5.73 Å². The Morgan fingerprint density at radius 2 is 2.17 bits per heavy atom. The van der Waals surface area contributed by atoms with Crippen molar-refractivity contribution in [2.75, 3.05) is 18.4 Å². The standard InChI is InChI=1S/C17H20N4O2/c18-8-1-2-9-20-16-5-3-4-15(21-16)14-10-13(11-19-12-14)6-7-17(22)23/h3-7,10-12H,1-2,8-9,18H2,(H,20,21)(H,22,23)/b7-6+. The number of carboxylic acid groups (broad SMARTS) is 1. The van der Waals surface area contributed by atoms with Crippen LogP contribution in [0.3, 0.4) is 0 Å². The Bertz CT molecular complexity index is 686. The number of hydrogen-bond donors (Lipinski definition) is 3. The van der Waals surface area contributed by atoms with Crippen molar-refractivity contribution < 1.29 is 9.90 Å². The lowest BCUT2D eigenvalue weighted by atomic mass is 10.1. The number of unbranched alkanes of at least 4 members (excludes halogenated alkanes) is 1. The van der Waals surface area contributed by atoms with Crippen molar-refractivity contribution in [3.05, 3.63) is 48.3 Å². The fourth-order valence-electron chi connectivity index (χ4n) is 2.04. The fourth-order valence-corrected chi connectivity index (χ4v) is 2.04.